The zero-order valence-corrected chi connectivity index (χ0v) is 9.53. The monoisotopic (exact) mass is 257 g/mol. The van der Waals surface area contributed by atoms with E-state index in [9.17, 15) is 0 Å². The smallest absolute Gasteiger partial charge is 0.0780 e. The molecule has 0 unspecified atom stereocenters. The molecule has 0 aliphatic heterocycles. The van der Waals surface area contributed by atoms with Gasteiger partial charge in [-0.05, 0) is 23.6 Å². The van der Waals surface area contributed by atoms with E-state index in [1.54, 1.807) is 0 Å². The molecule has 0 atom stereocenters. The molecule has 0 saturated heterocycles. The lowest BCUT2D eigenvalue weighted by atomic mass is 10.1. The van der Waals surface area contributed by atoms with E-state index in [1.807, 2.05) is 12.3 Å². The maximum absolute atomic E-state index is 4.43. The number of nitrogens with zero attached hydrogens (tertiary/aromatic N) is 1. The Kier molecular flexibility index (Phi) is 1.96. The van der Waals surface area contributed by atoms with Gasteiger partial charge in [0.2, 0.25) is 0 Å². The molecule has 72 valence electrons. The minimum Gasteiger partial charge on any atom is -0.256 e. The van der Waals surface area contributed by atoms with Crippen LogP contribution in [0.5, 0.6) is 0 Å². The highest BCUT2D eigenvalue weighted by atomic mass is 79.9. The van der Waals surface area contributed by atoms with Crippen LogP contribution in [0.15, 0.2) is 53.1 Å². The molecular weight excluding hydrogens is 250 g/mol. The predicted molar refractivity (Wildman–Crippen MR) is 66.9 cm³/mol. The average Bonchev–Trinajstić information content (AvgIpc) is 2.29. The second-order valence-corrected chi connectivity index (χ2v) is 4.42. The van der Waals surface area contributed by atoms with Crippen molar-refractivity contribution in [3.8, 4) is 0 Å². The number of halogens is 1. The van der Waals surface area contributed by atoms with E-state index in [1.165, 1.54) is 16.2 Å². The summed E-state index contributed by atoms with van der Waals surface area (Å²) in [4.78, 5) is 4.43. The molecule has 0 N–H and O–H groups in total. The lowest BCUT2D eigenvalue weighted by Gasteiger charge is -2.02. The summed E-state index contributed by atoms with van der Waals surface area (Å²) in [6, 6.07) is 14.6. The second-order valence-electron chi connectivity index (χ2n) is 3.51. The number of benzene rings is 2. The van der Waals surface area contributed by atoms with E-state index in [0.29, 0.717) is 0 Å². The average molecular weight is 258 g/mol. The molecule has 0 spiro atoms. The third-order valence-corrected chi connectivity index (χ3v) is 3.05. The van der Waals surface area contributed by atoms with E-state index < -0.39 is 0 Å². The summed E-state index contributed by atoms with van der Waals surface area (Å²) in [6.07, 6.45) is 1.84. The van der Waals surface area contributed by atoms with Crippen molar-refractivity contribution in [3.63, 3.8) is 0 Å². The number of fused-ring (bicyclic) bond motifs is 3. The van der Waals surface area contributed by atoms with Crippen molar-refractivity contribution in [2.45, 2.75) is 0 Å². The summed E-state index contributed by atoms with van der Waals surface area (Å²) in [6.45, 7) is 0. The third kappa shape index (κ3) is 1.41. The fourth-order valence-corrected chi connectivity index (χ4v) is 2.20. The van der Waals surface area contributed by atoms with Gasteiger partial charge in [-0.3, -0.25) is 4.98 Å². The van der Waals surface area contributed by atoms with E-state index in [2.05, 4.69) is 57.3 Å². The molecule has 0 fully saturated rings. The molecule has 0 bridgehead atoms. The molecule has 0 radical (unpaired) electrons. The van der Waals surface area contributed by atoms with E-state index >= 15 is 0 Å². The van der Waals surface area contributed by atoms with E-state index in [0.717, 1.165) is 9.99 Å². The Hall–Kier alpha value is -1.41. The van der Waals surface area contributed by atoms with Crippen LogP contribution >= 0.6 is 15.9 Å². The molecule has 15 heavy (non-hydrogen) atoms. The van der Waals surface area contributed by atoms with E-state index in [-0.39, 0.29) is 0 Å². The van der Waals surface area contributed by atoms with Gasteiger partial charge in [0.25, 0.3) is 0 Å². The summed E-state index contributed by atoms with van der Waals surface area (Å²) in [5.41, 5.74) is 1.07. The quantitative estimate of drug-likeness (QED) is 0.552. The number of hydrogen-bond donors (Lipinski definition) is 0. The summed E-state index contributed by atoms with van der Waals surface area (Å²) in [5.74, 6) is 0. The highest BCUT2D eigenvalue weighted by Crippen LogP contribution is 2.26. The Labute approximate surface area is 95.9 Å². The maximum Gasteiger partial charge on any atom is 0.0780 e. The van der Waals surface area contributed by atoms with Crippen LogP contribution in [0.3, 0.4) is 0 Å². The standard InChI is InChI=1S/C13H8BrN/c14-11-6-5-9-3-4-10-2-1-7-15-13(10)12(9)8-11/h1-8H. The molecule has 1 heterocycles. The summed E-state index contributed by atoms with van der Waals surface area (Å²) in [7, 11) is 0. The van der Waals surface area contributed by atoms with Gasteiger partial charge in [-0.15, -0.1) is 0 Å². The van der Waals surface area contributed by atoms with Gasteiger partial charge < -0.3 is 0 Å². The SMILES string of the molecule is Brc1ccc2ccc3cccnc3c2c1. The molecular formula is C13H8BrN. The highest BCUT2D eigenvalue weighted by molar-refractivity contribution is 9.10. The van der Waals surface area contributed by atoms with Gasteiger partial charge in [0.15, 0.2) is 0 Å². The van der Waals surface area contributed by atoms with Crippen LogP contribution in [0.4, 0.5) is 0 Å². The summed E-state index contributed by atoms with van der Waals surface area (Å²) >= 11 is 3.49. The van der Waals surface area contributed by atoms with Gasteiger partial charge in [-0.1, -0.05) is 40.2 Å². The van der Waals surface area contributed by atoms with Crippen LogP contribution in [-0.2, 0) is 0 Å². The van der Waals surface area contributed by atoms with Crippen LogP contribution in [0.25, 0.3) is 21.7 Å². The Morgan fingerprint density at radius 1 is 0.933 bits per heavy atom. The van der Waals surface area contributed by atoms with Crippen molar-refractivity contribution in [1.29, 1.82) is 0 Å². The van der Waals surface area contributed by atoms with Crippen molar-refractivity contribution >= 4 is 37.6 Å². The minimum absolute atomic E-state index is 1.07. The topological polar surface area (TPSA) is 12.9 Å². The van der Waals surface area contributed by atoms with Crippen molar-refractivity contribution in [1.82, 2.24) is 4.98 Å². The lowest BCUT2D eigenvalue weighted by molar-refractivity contribution is 1.43. The number of hydrogen-bond acceptors (Lipinski definition) is 1. The van der Waals surface area contributed by atoms with Crippen molar-refractivity contribution in [2.75, 3.05) is 0 Å². The first-order valence-electron chi connectivity index (χ1n) is 4.77. The normalized spacial score (nSPS) is 11.0. The first kappa shape index (κ1) is 8.86. The fraction of sp³-hybridized carbons (Fsp3) is 0. The first-order chi connectivity index (χ1) is 7.34. The third-order valence-electron chi connectivity index (χ3n) is 2.55. The number of pyridine rings is 1. The molecule has 2 heteroatoms. The zero-order valence-electron chi connectivity index (χ0n) is 7.94. The molecule has 0 aliphatic rings. The molecule has 3 rings (SSSR count). The Bertz CT molecular complexity index is 646. The first-order valence-corrected chi connectivity index (χ1v) is 5.57. The van der Waals surface area contributed by atoms with Crippen molar-refractivity contribution in [3.05, 3.63) is 53.1 Å². The molecule has 3 aromatic rings. The van der Waals surface area contributed by atoms with Crippen LogP contribution in [0.2, 0.25) is 0 Å². The minimum atomic E-state index is 1.07. The molecule has 0 amide bonds. The van der Waals surface area contributed by atoms with Crippen molar-refractivity contribution < 1.29 is 0 Å². The van der Waals surface area contributed by atoms with Crippen LogP contribution in [-0.4, -0.2) is 4.98 Å². The zero-order chi connectivity index (χ0) is 10.3. The number of rotatable bonds is 0. The summed E-state index contributed by atoms with van der Waals surface area (Å²) in [5, 5.41) is 3.61. The van der Waals surface area contributed by atoms with Crippen LogP contribution in [0, 0.1) is 0 Å². The Balaban J connectivity index is 2.57. The van der Waals surface area contributed by atoms with Crippen molar-refractivity contribution in [2.24, 2.45) is 0 Å². The van der Waals surface area contributed by atoms with Crippen LogP contribution < -0.4 is 0 Å². The van der Waals surface area contributed by atoms with Gasteiger partial charge in [-0.25, -0.2) is 0 Å². The molecule has 0 aliphatic carbocycles. The highest BCUT2D eigenvalue weighted by Gasteiger charge is 2.00. The van der Waals surface area contributed by atoms with Gasteiger partial charge >= 0.3 is 0 Å². The lowest BCUT2D eigenvalue weighted by Crippen LogP contribution is -1.80. The van der Waals surface area contributed by atoms with Gasteiger partial charge in [0.1, 0.15) is 0 Å². The molecule has 1 aromatic heterocycles. The van der Waals surface area contributed by atoms with Gasteiger partial charge in [-0.2, -0.15) is 0 Å². The molecule has 1 nitrogen and oxygen atoms in total. The second kappa shape index (κ2) is 3.31. The predicted octanol–water partition coefficient (Wildman–Crippen LogP) is 4.15. The largest absolute Gasteiger partial charge is 0.256 e. The summed E-state index contributed by atoms with van der Waals surface area (Å²) < 4.78 is 1.09. The maximum atomic E-state index is 4.43. The van der Waals surface area contributed by atoms with Gasteiger partial charge in [0.05, 0.1) is 5.52 Å². The van der Waals surface area contributed by atoms with E-state index in [4.69, 9.17) is 0 Å². The van der Waals surface area contributed by atoms with Crippen LogP contribution in [0.1, 0.15) is 0 Å². The van der Waals surface area contributed by atoms with Gasteiger partial charge in [0, 0.05) is 21.4 Å². The molecule has 2 aromatic carbocycles. The fourth-order valence-electron chi connectivity index (χ4n) is 1.84. The molecule has 0 saturated carbocycles. The number of aromatic nitrogens is 1. The Morgan fingerprint density at radius 3 is 2.67 bits per heavy atom. The Morgan fingerprint density at radius 2 is 1.73 bits per heavy atom.